The molecule has 0 N–H and O–H groups in total. The molecule has 121 valence electrons. The van der Waals surface area contributed by atoms with Crippen molar-refractivity contribution >= 4 is 31.8 Å². The fraction of sp³-hybridized carbons (Fsp3) is 0.150. The predicted octanol–water partition coefficient (Wildman–Crippen LogP) is 5.86. The number of nitrogens with zero attached hydrogens (tertiary/aromatic N) is 1. The lowest BCUT2D eigenvalue weighted by molar-refractivity contribution is 0.582. The van der Waals surface area contributed by atoms with Crippen LogP contribution < -0.4 is 4.43 Å². The number of benzene rings is 2. The van der Waals surface area contributed by atoms with Gasteiger partial charge < -0.3 is 4.43 Å². The van der Waals surface area contributed by atoms with E-state index in [1.54, 1.807) is 11.3 Å². The van der Waals surface area contributed by atoms with E-state index in [0.29, 0.717) is 0 Å². The van der Waals surface area contributed by atoms with Crippen LogP contribution in [0.15, 0.2) is 71.0 Å². The van der Waals surface area contributed by atoms with E-state index in [-0.39, 0.29) is 0 Å². The van der Waals surface area contributed by atoms with Crippen LogP contribution >= 0.6 is 11.3 Å². The van der Waals surface area contributed by atoms with Gasteiger partial charge in [-0.3, -0.25) is 0 Å². The van der Waals surface area contributed by atoms with Crippen molar-refractivity contribution in [3.8, 4) is 5.75 Å². The van der Waals surface area contributed by atoms with Crippen LogP contribution in [0.5, 0.6) is 5.75 Å². The highest BCUT2D eigenvalue weighted by Gasteiger charge is 2.13. The third-order valence-electron chi connectivity index (χ3n) is 3.54. The second-order valence-electron chi connectivity index (χ2n) is 5.74. The molecule has 0 saturated heterocycles. The lowest BCUT2D eigenvalue weighted by Gasteiger charge is -2.12. The first-order valence-electron chi connectivity index (χ1n) is 7.91. The molecule has 1 heterocycles. The zero-order valence-electron chi connectivity index (χ0n) is 14.1. The zero-order chi connectivity index (χ0) is 16.9. The molecular weight excluding hydrogens is 330 g/mol. The number of para-hydroxylation sites is 2. The van der Waals surface area contributed by atoms with Crippen LogP contribution in [0, 0.1) is 6.92 Å². The van der Waals surface area contributed by atoms with Crippen molar-refractivity contribution in [2.45, 2.75) is 20.0 Å². The first-order valence-corrected chi connectivity index (χ1v) is 11.2. The Morgan fingerprint density at radius 1 is 0.958 bits per heavy atom. The molecule has 0 fully saturated rings. The highest BCUT2D eigenvalue weighted by atomic mass is 32.1. The summed E-state index contributed by atoms with van der Waals surface area (Å²) in [5, 5.41) is 2.12. The van der Waals surface area contributed by atoms with Gasteiger partial charge >= 0.3 is 0 Å². The summed E-state index contributed by atoms with van der Waals surface area (Å²) in [7, 11) is -0.836. The molecule has 0 atom stereocenters. The molecular formula is C20H20NOSSi. The number of hydrogen-bond acceptors (Lipinski definition) is 3. The number of aryl methyl sites for hydroxylation is 1. The van der Waals surface area contributed by atoms with Gasteiger partial charge in [0.15, 0.2) is 0 Å². The molecule has 0 aliphatic carbocycles. The van der Waals surface area contributed by atoms with Crippen molar-refractivity contribution in [1.82, 2.24) is 0 Å². The molecule has 2 aromatic carbocycles. The lowest BCUT2D eigenvalue weighted by atomic mass is 10.1. The van der Waals surface area contributed by atoms with Crippen LogP contribution in [0.2, 0.25) is 13.1 Å². The summed E-state index contributed by atoms with van der Waals surface area (Å²) >= 11 is 1.73. The van der Waals surface area contributed by atoms with Gasteiger partial charge in [-0.1, -0.05) is 42.5 Å². The largest absolute Gasteiger partial charge is 0.541 e. The maximum atomic E-state index is 6.03. The highest BCUT2D eigenvalue weighted by Crippen LogP contribution is 2.31. The Bertz CT molecular complexity index is 840. The van der Waals surface area contributed by atoms with Gasteiger partial charge in [0.2, 0.25) is 0 Å². The minimum Gasteiger partial charge on any atom is -0.541 e. The van der Waals surface area contributed by atoms with E-state index in [9.17, 15) is 0 Å². The molecule has 24 heavy (non-hydrogen) atoms. The molecule has 2 nitrogen and oxygen atoms in total. The van der Waals surface area contributed by atoms with Crippen molar-refractivity contribution in [1.29, 1.82) is 0 Å². The minimum atomic E-state index is -0.836. The fourth-order valence-electron chi connectivity index (χ4n) is 2.43. The van der Waals surface area contributed by atoms with Crippen LogP contribution in [0.4, 0.5) is 5.69 Å². The van der Waals surface area contributed by atoms with Crippen molar-refractivity contribution in [3.05, 3.63) is 82.0 Å². The van der Waals surface area contributed by atoms with Gasteiger partial charge in [-0.25, -0.2) is 4.99 Å². The summed E-state index contributed by atoms with van der Waals surface area (Å²) in [5.41, 5.74) is 4.25. The predicted molar refractivity (Wildman–Crippen MR) is 105 cm³/mol. The third-order valence-corrected chi connectivity index (χ3v) is 5.19. The molecule has 1 aromatic heterocycles. The standard InChI is InChI=1S/C20H20NOSSi/c1-15-13-14-23-20(15)19(16-9-5-4-6-10-16)21-17-11-7-8-12-18(17)22-24(2)3/h4-14H,1-3H3. The van der Waals surface area contributed by atoms with Gasteiger partial charge in [0, 0.05) is 5.56 Å². The van der Waals surface area contributed by atoms with Crippen molar-refractivity contribution < 1.29 is 4.43 Å². The van der Waals surface area contributed by atoms with E-state index in [2.05, 4.69) is 55.7 Å². The SMILES string of the molecule is Cc1ccsc1C(=Nc1ccccc1O[Si](C)C)c1ccccc1. The Kier molecular flexibility index (Phi) is 5.28. The maximum Gasteiger partial charge on any atom is 0.274 e. The molecule has 4 heteroatoms. The molecule has 3 aromatic rings. The summed E-state index contributed by atoms with van der Waals surface area (Å²) in [6.07, 6.45) is 0. The summed E-state index contributed by atoms with van der Waals surface area (Å²) in [6.45, 7) is 6.39. The van der Waals surface area contributed by atoms with Crippen LogP contribution in [0.1, 0.15) is 16.0 Å². The van der Waals surface area contributed by atoms with Crippen LogP contribution in [0.3, 0.4) is 0 Å². The quantitative estimate of drug-likeness (QED) is 0.417. The van der Waals surface area contributed by atoms with E-state index in [4.69, 9.17) is 9.42 Å². The van der Waals surface area contributed by atoms with E-state index >= 15 is 0 Å². The van der Waals surface area contributed by atoms with Gasteiger partial charge in [0.25, 0.3) is 9.04 Å². The molecule has 0 spiro atoms. The molecule has 0 saturated carbocycles. The van der Waals surface area contributed by atoms with E-state index in [1.807, 2.05) is 30.3 Å². The van der Waals surface area contributed by atoms with Gasteiger partial charge in [-0.15, -0.1) is 11.3 Å². The van der Waals surface area contributed by atoms with Crippen LogP contribution in [-0.4, -0.2) is 14.8 Å². The number of aliphatic imine (C=N–C) groups is 1. The molecule has 0 aliphatic rings. The van der Waals surface area contributed by atoms with Gasteiger partial charge in [0.1, 0.15) is 11.4 Å². The molecule has 1 radical (unpaired) electrons. The smallest absolute Gasteiger partial charge is 0.274 e. The summed E-state index contributed by atoms with van der Waals surface area (Å²) in [6, 6.07) is 20.5. The second kappa shape index (κ2) is 7.60. The van der Waals surface area contributed by atoms with Crippen molar-refractivity contribution in [2.75, 3.05) is 0 Å². The summed E-state index contributed by atoms with van der Waals surface area (Å²) < 4.78 is 6.03. The summed E-state index contributed by atoms with van der Waals surface area (Å²) in [5.74, 6) is 0.860. The minimum absolute atomic E-state index is 0.836. The topological polar surface area (TPSA) is 21.6 Å². The second-order valence-corrected chi connectivity index (χ2v) is 8.67. The molecule has 0 amide bonds. The van der Waals surface area contributed by atoms with Crippen LogP contribution in [-0.2, 0) is 0 Å². The Balaban J connectivity index is 2.14. The fourth-order valence-corrected chi connectivity index (χ4v) is 3.98. The number of thiophene rings is 1. The van der Waals surface area contributed by atoms with E-state index in [0.717, 1.165) is 22.7 Å². The molecule has 0 bridgehead atoms. The first-order chi connectivity index (χ1) is 11.6. The normalized spacial score (nSPS) is 11.8. The zero-order valence-corrected chi connectivity index (χ0v) is 15.9. The van der Waals surface area contributed by atoms with Crippen LogP contribution in [0.25, 0.3) is 0 Å². The third kappa shape index (κ3) is 3.83. The monoisotopic (exact) mass is 350 g/mol. The molecule has 0 unspecified atom stereocenters. The summed E-state index contributed by atoms with van der Waals surface area (Å²) in [4.78, 5) is 6.21. The van der Waals surface area contributed by atoms with Gasteiger partial charge in [0.05, 0.1) is 10.6 Å². The first kappa shape index (κ1) is 16.7. The van der Waals surface area contributed by atoms with Crippen molar-refractivity contribution in [2.24, 2.45) is 4.99 Å². The van der Waals surface area contributed by atoms with Gasteiger partial charge in [-0.2, -0.15) is 0 Å². The highest BCUT2D eigenvalue weighted by molar-refractivity contribution is 7.12. The number of hydrogen-bond donors (Lipinski definition) is 0. The van der Waals surface area contributed by atoms with E-state index in [1.165, 1.54) is 10.4 Å². The average molecular weight is 351 g/mol. The Morgan fingerprint density at radius 3 is 2.33 bits per heavy atom. The lowest BCUT2D eigenvalue weighted by Crippen LogP contribution is -2.11. The molecule has 3 rings (SSSR count). The Labute approximate surface area is 149 Å². The average Bonchev–Trinajstić information content (AvgIpc) is 3.00. The number of rotatable bonds is 5. The van der Waals surface area contributed by atoms with Crippen molar-refractivity contribution in [3.63, 3.8) is 0 Å². The van der Waals surface area contributed by atoms with Gasteiger partial charge in [-0.05, 0) is 49.2 Å². The Hall–Kier alpha value is -2.17. The molecule has 0 aliphatic heterocycles. The Morgan fingerprint density at radius 2 is 1.67 bits per heavy atom. The van der Waals surface area contributed by atoms with E-state index < -0.39 is 9.04 Å². The maximum absolute atomic E-state index is 6.03.